The summed E-state index contributed by atoms with van der Waals surface area (Å²) >= 11 is 0. The summed E-state index contributed by atoms with van der Waals surface area (Å²) in [6, 6.07) is 2.84. The molecule has 1 aliphatic rings. The molecule has 0 spiro atoms. The van der Waals surface area contributed by atoms with Gasteiger partial charge in [0.1, 0.15) is 0 Å². The normalized spacial score (nSPS) is 29.5. The second kappa shape index (κ2) is 5.67. The first kappa shape index (κ1) is 12.6. The smallest absolute Gasteiger partial charge is 0.0492 e. The Morgan fingerprint density at radius 3 is 2.82 bits per heavy atom. The third-order valence-electron chi connectivity index (χ3n) is 4.33. The zero-order chi connectivity index (χ0) is 12.3. The van der Waals surface area contributed by atoms with Gasteiger partial charge in [-0.15, -0.1) is 0 Å². The molecule has 0 amide bonds. The van der Waals surface area contributed by atoms with Gasteiger partial charge in [-0.2, -0.15) is 5.10 Å². The van der Waals surface area contributed by atoms with E-state index >= 15 is 0 Å². The van der Waals surface area contributed by atoms with Crippen molar-refractivity contribution >= 4 is 0 Å². The molecule has 3 unspecified atom stereocenters. The lowest BCUT2D eigenvalue weighted by molar-refractivity contribution is 0.227. The molecule has 1 aromatic rings. The van der Waals surface area contributed by atoms with Crippen molar-refractivity contribution < 1.29 is 0 Å². The minimum atomic E-state index is 0.731. The summed E-state index contributed by atoms with van der Waals surface area (Å²) < 4.78 is 1.97. The van der Waals surface area contributed by atoms with E-state index in [1.165, 1.54) is 25.0 Å². The summed E-state index contributed by atoms with van der Waals surface area (Å²) in [6.07, 6.45) is 7.02. The van der Waals surface area contributed by atoms with E-state index in [1.807, 2.05) is 17.9 Å². The molecule has 0 bridgehead atoms. The number of aromatic nitrogens is 2. The van der Waals surface area contributed by atoms with E-state index in [2.05, 4.69) is 30.3 Å². The predicted molar refractivity (Wildman–Crippen MR) is 70.9 cm³/mol. The fraction of sp³-hybridized carbons (Fsp3) is 0.786. The van der Waals surface area contributed by atoms with Crippen molar-refractivity contribution in [3.8, 4) is 0 Å². The van der Waals surface area contributed by atoms with Gasteiger partial charge in [0.15, 0.2) is 0 Å². The maximum absolute atomic E-state index is 4.19. The molecule has 0 aromatic carbocycles. The van der Waals surface area contributed by atoms with Crippen molar-refractivity contribution in [2.45, 2.75) is 45.6 Å². The maximum Gasteiger partial charge on any atom is 0.0492 e. The quantitative estimate of drug-likeness (QED) is 0.868. The van der Waals surface area contributed by atoms with E-state index in [0.717, 1.165) is 30.8 Å². The van der Waals surface area contributed by atoms with Crippen molar-refractivity contribution in [3.05, 3.63) is 18.0 Å². The second-order valence-corrected chi connectivity index (χ2v) is 5.61. The highest BCUT2D eigenvalue weighted by Crippen LogP contribution is 2.29. The van der Waals surface area contributed by atoms with Crippen LogP contribution in [0.1, 0.15) is 38.8 Å². The van der Waals surface area contributed by atoms with Crippen molar-refractivity contribution in [1.82, 2.24) is 15.1 Å². The lowest BCUT2D eigenvalue weighted by atomic mass is 9.79. The van der Waals surface area contributed by atoms with Crippen LogP contribution >= 0.6 is 0 Å². The Hall–Kier alpha value is -0.830. The summed E-state index contributed by atoms with van der Waals surface area (Å²) in [4.78, 5) is 0. The number of nitrogens with zero attached hydrogens (tertiary/aromatic N) is 2. The highest BCUT2D eigenvalue weighted by atomic mass is 15.3. The summed E-state index contributed by atoms with van der Waals surface area (Å²) in [6.45, 7) is 5.85. The van der Waals surface area contributed by atoms with Gasteiger partial charge in [-0.3, -0.25) is 4.68 Å². The van der Waals surface area contributed by atoms with Crippen LogP contribution < -0.4 is 5.32 Å². The Morgan fingerprint density at radius 1 is 1.35 bits per heavy atom. The van der Waals surface area contributed by atoms with Crippen LogP contribution in [-0.2, 0) is 13.5 Å². The fourth-order valence-corrected chi connectivity index (χ4v) is 2.78. The zero-order valence-electron chi connectivity index (χ0n) is 11.3. The third-order valence-corrected chi connectivity index (χ3v) is 4.33. The van der Waals surface area contributed by atoms with Crippen LogP contribution in [0.15, 0.2) is 12.3 Å². The fourth-order valence-electron chi connectivity index (χ4n) is 2.78. The van der Waals surface area contributed by atoms with Crippen LogP contribution in [0.4, 0.5) is 0 Å². The number of hydrogen-bond donors (Lipinski definition) is 1. The lowest BCUT2D eigenvalue weighted by Crippen LogP contribution is -2.37. The Labute approximate surface area is 105 Å². The van der Waals surface area contributed by atoms with Crippen LogP contribution in [-0.4, -0.2) is 22.4 Å². The minimum Gasteiger partial charge on any atom is -0.314 e. The Bertz CT molecular complexity index is 345. The predicted octanol–water partition coefficient (Wildman–Crippen LogP) is 2.38. The molecule has 1 aliphatic carbocycles. The largest absolute Gasteiger partial charge is 0.314 e. The van der Waals surface area contributed by atoms with Crippen LogP contribution in [0.2, 0.25) is 0 Å². The standard InChI is InChI=1S/C14H25N3/c1-11-4-5-13(10-12(11)2)15-8-6-14-7-9-16-17(14)3/h7,9,11-13,15H,4-6,8,10H2,1-3H3. The molecular weight excluding hydrogens is 210 g/mol. The Morgan fingerprint density at radius 2 is 2.18 bits per heavy atom. The highest BCUT2D eigenvalue weighted by molar-refractivity contribution is 5.00. The molecule has 3 nitrogen and oxygen atoms in total. The SMILES string of the molecule is CC1CCC(NCCc2ccnn2C)CC1C. The average Bonchev–Trinajstić information content (AvgIpc) is 2.70. The van der Waals surface area contributed by atoms with Crippen LogP contribution in [0.5, 0.6) is 0 Å². The van der Waals surface area contributed by atoms with Gasteiger partial charge in [-0.25, -0.2) is 0 Å². The molecule has 1 saturated carbocycles. The third kappa shape index (κ3) is 3.32. The number of nitrogens with one attached hydrogen (secondary N) is 1. The van der Waals surface area contributed by atoms with Gasteiger partial charge < -0.3 is 5.32 Å². The van der Waals surface area contributed by atoms with E-state index in [0.29, 0.717) is 0 Å². The molecule has 1 aromatic heterocycles. The van der Waals surface area contributed by atoms with Gasteiger partial charge in [-0.1, -0.05) is 13.8 Å². The van der Waals surface area contributed by atoms with E-state index in [1.54, 1.807) is 0 Å². The number of aryl methyl sites for hydroxylation is 1. The van der Waals surface area contributed by atoms with Gasteiger partial charge in [0.05, 0.1) is 0 Å². The summed E-state index contributed by atoms with van der Waals surface area (Å²) in [7, 11) is 2.01. The van der Waals surface area contributed by atoms with Gasteiger partial charge >= 0.3 is 0 Å². The van der Waals surface area contributed by atoms with Crippen LogP contribution in [0.25, 0.3) is 0 Å². The number of hydrogen-bond acceptors (Lipinski definition) is 2. The first-order valence-corrected chi connectivity index (χ1v) is 6.87. The first-order chi connectivity index (χ1) is 8.16. The average molecular weight is 235 g/mol. The van der Waals surface area contributed by atoms with Crippen molar-refractivity contribution in [2.75, 3.05) is 6.54 Å². The van der Waals surface area contributed by atoms with Crippen molar-refractivity contribution in [2.24, 2.45) is 18.9 Å². The molecule has 96 valence electrons. The van der Waals surface area contributed by atoms with Gasteiger partial charge in [0.2, 0.25) is 0 Å². The van der Waals surface area contributed by atoms with E-state index < -0.39 is 0 Å². The summed E-state index contributed by atoms with van der Waals surface area (Å²) in [5.41, 5.74) is 1.31. The van der Waals surface area contributed by atoms with Crippen LogP contribution in [0, 0.1) is 11.8 Å². The molecule has 0 saturated heterocycles. The molecule has 3 heteroatoms. The molecule has 0 aliphatic heterocycles. The summed E-state index contributed by atoms with van der Waals surface area (Å²) in [5.74, 6) is 1.78. The number of rotatable bonds is 4. The highest BCUT2D eigenvalue weighted by Gasteiger charge is 2.23. The zero-order valence-corrected chi connectivity index (χ0v) is 11.3. The molecule has 0 radical (unpaired) electrons. The van der Waals surface area contributed by atoms with Gasteiger partial charge in [0, 0.05) is 37.9 Å². The summed E-state index contributed by atoms with van der Waals surface area (Å²) in [5, 5.41) is 7.89. The topological polar surface area (TPSA) is 29.9 Å². The van der Waals surface area contributed by atoms with E-state index in [4.69, 9.17) is 0 Å². The monoisotopic (exact) mass is 235 g/mol. The first-order valence-electron chi connectivity index (χ1n) is 6.87. The lowest BCUT2D eigenvalue weighted by Gasteiger charge is -2.32. The van der Waals surface area contributed by atoms with Crippen molar-refractivity contribution in [3.63, 3.8) is 0 Å². The Balaban J connectivity index is 1.71. The molecule has 1 fully saturated rings. The van der Waals surface area contributed by atoms with Gasteiger partial charge in [0.25, 0.3) is 0 Å². The molecule has 3 atom stereocenters. The molecule has 2 rings (SSSR count). The second-order valence-electron chi connectivity index (χ2n) is 5.61. The minimum absolute atomic E-state index is 0.731. The molecule has 1 heterocycles. The Kier molecular flexibility index (Phi) is 4.21. The molecular formula is C14H25N3. The molecule has 17 heavy (non-hydrogen) atoms. The van der Waals surface area contributed by atoms with E-state index in [-0.39, 0.29) is 0 Å². The van der Waals surface area contributed by atoms with E-state index in [9.17, 15) is 0 Å². The maximum atomic E-state index is 4.19. The van der Waals surface area contributed by atoms with Crippen LogP contribution in [0.3, 0.4) is 0 Å². The van der Waals surface area contributed by atoms with Gasteiger partial charge in [-0.05, 0) is 37.2 Å². The van der Waals surface area contributed by atoms with Crippen molar-refractivity contribution in [1.29, 1.82) is 0 Å². The molecule has 1 N–H and O–H groups in total.